The number of Topliss-reactive ketones (excluding diaryl/α,β-unsaturated/α-hetero) is 1. The SMILES string of the molecule is CC(=O)c1cc(C=CC=O)ccc1N. The summed E-state index contributed by atoms with van der Waals surface area (Å²) in [5.74, 6) is -0.0798. The highest BCUT2D eigenvalue weighted by Gasteiger charge is 2.03. The smallest absolute Gasteiger partial charge is 0.161 e. The standard InChI is InChI=1S/C11H11NO2/c1-8(14)10-7-9(3-2-6-13)4-5-11(10)12/h2-7H,12H2,1H3. The topological polar surface area (TPSA) is 60.2 Å². The number of rotatable bonds is 3. The van der Waals surface area contributed by atoms with E-state index in [-0.39, 0.29) is 5.78 Å². The van der Waals surface area contributed by atoms with Gasteiger partial charge in [-0.2, -0.15) is 0 Å². The van der Waals surface area contributed by atoms with Crippen LogP contribution < -0.4 is 5.73 Å². The summed E-state index contributed by atoms with van der Waals surface area (Å²) in [5, 5.41) is 0. The maximum atomic E-state index is 11.1. The Kier molecular flexibility index (Phi) is 3.18. The lowest BCUT2D eigenvalue weighted by molar-refractivity contribution is -0.104. The van der Waals surface area contributed by atoms with Gasteiger partial charge in [-0.05, 0) is 30.7 Å². The summed E-state index contributed by atoms with van der Waals surface area (Å²) in [7, 11) is 0. The van der Waals surface area contributed by atoms with Crippen LogP contribution in [0.5, 0.6) is 0 Å². The molecule has 0 radical (unpaired) electrons. The fourth-order valence-corrected chi connectivity index (χ4v) is 1.13. The first-order valence-electron chi connectivity index (χ1n) is 4.17. The summed E-state index contributed by atoms with van der Waals surface area (Å²) in [6, 6.07) is 5.07. The fourth-order valence-electron chi connectivity index (χ4n) is 1.13. The van der Waals surface area contributed by atoms with Gasteiger partial charge in [-0.15, -0.1) is 0 Å². The Balaban J connectivity index is 3.12. The van der Waals surface area contributed by atoms with Crippen LogP contribution in [0.4, 0.5) is 5.69 Å². The Bertz CT molecular complexity index is 394. The lowest BCUT2D eigenvalue weighted by atomic mass is 10.1. The van der Waals surface area contributed by atoms with Crippen molar-refractivity contribution in [2.75, 3.05) is 5.73 Å². The molecule has 1 aromatic rings. The van der Waals surface area contributed by atoms with Crippen LogP contribution in [0.3, 0.4) is 0 Å². The van der Waals surface area contributed by atoms with E-state index in [9.17, 15) is 9.59 Å². The van der Waals surface area contributed by atoms with Crippen LogP contribution in [-0.2, 0) is 4.79 Å². The number of hydrogen-bond donors (Lipinski definition) is 1. The van der Waals surface area contributed by atoms with Gasteiger partial charge < -0.3 is 5.73 Å². The zero-order valence-electron chi connectivity index (χ0n) is 7.86. The van der Waals surface area contributed by atoms with E-state index in [4.69, 9.17) is 5.73 Å². The number of anilines is 1. The average molecular weight is 189 g/mol. The molecule has 3 nitrogen and oxygen atoms in total. The minimum Gasteiger partial charge on any atom is -0.398 e. The first-order chi connectivity index (χ1) is 6.65. The highest BCUT2D eigenvalue weighted by molar-refractivity contribution is 5.99. The fraction of sp³-hybridized carbons (Fsp3) is 0.0909. The predicted molar refractivity (Wildman–Crippen MR) is 56.0 cm³/mol. The average Bonchev–Trinajstić information content (AvgIpc) is 2.16. The van der Waals surface area contributed by atoms with Gasteiger partial charge in [0.1, 0.15) is 6.29 Å². The van der Waals surface area contributed by atoms with Gasteiger partial charge in [0.15, 0.2) is 5.78 Å². The summed E-state index contributed by atoms with van der Waals surface area (Å²) < 4.78 is 0. The number of allylic oxidation sites excluding steroid dienone is 1. The molecule has 0 heterocycles. The highest BCUT2D eigenvalue weighted by atomic mass is 16.1. The molecule has 1 aromatic carbocycles. The molecular weight excluding hydrogens is 178 g/mol. The molecule has 72 valence electrons. The second kappa shape index (κ2) is 4.37. The van der Waals surface area contributed by atoms with E-state index in [2.05, 4.69) is 0 Å². The van der Waals surface area contributed by atoms with Crippen LogP contribution in [0.15, 0.2) is 24.3 Å². The van der Waals surface area contributed by atoms with Crippen molar-refractivity contribution in [3.63, 3.8) is 0 Å². The number of benzene rings is 1. The summed E-state index contributed by atoms with van der Waals surface area (Å²) in [6.07, 6.45) is 3.68. The number of carbonyl (C=O) groups is 2. The van der Waals surface area contributed by atoms with Crippen molar-refractivity contribution in [2.45, 2.75) is 6.92 Å². The van der Waals surface area contributed by atoms with Crippen LogP contribution in [0.25, 0.3) is 6.08 Å². The van der Waals surface area contributed by atoms with Crippen molar-refractivity contribution >= 4 is 23.8 Å². The van der Waals surface area contributed by atoms with Crippen molar-refractivity contribution < 1.29 is 9.59 Å². The van der Waals surface area contributed by atoms with Gasteiger partial charge in [0.25, 0.3) is 0 Å². The molecule has 14 heavy (non-hydrogen) atoms. The molecule has 0 saturated carbocycles. The summed E-state index contributed by atoms with van der Waals surface area (Å²) in [6.45, 7) is 1.46. The van der Waals surface area contributed by atoms with Crippen molar-refractivity contribution in [1.82, 2.24) is 0 Å². The predicted octanol–water partition coefficient (Wildman–Crippen LogP) is 1.68. The maximum absolute atomic E-state index is 11.1. The maximum Gasteiger partial charge on any atom is 0.161 e. The van der Waals surface area contributed by atoms with E-state index < -0.39 is 0 Å². The second-order valence-corrected chi connectivity index (χ2v) is 2.90. The third-order valence-corrected chi connectivity index (χ3v) is 1.82. The Morgan fingerprint density at radius 3 is 2.71 bits per heavy atom. The molecule has 0 unspecified atom stereocenters. The quantitative estimate of drug-likeness (QED) is 0.340. The third kappa shape index (κ3) is 2.29. The van der Waals surface area contributed by atoms with Gasteiger partial charge in [0, 0.05) is 11.3 Å². The number of nitrogen functional groups attached to an aromatic ring is 1. The summed E-state index contributed by atoms with van der Waals surface area (Å²) >= 11 is 0. The molecule has 0 atom stereocenters. The van der Waals surface area contributed by atoms with Gasteiger partial charge >= 0.3 is 0 Å². The van der Waals surface area contributed by atoms with E-state index in [1.54, 1.807) is 24.3 Å². The molecule has 1 rings (SSSR count). The third-order valence-electron chi connectivity index (χ3n) is 1.82. The number of ketones is 1. The van der Waals surface area contributed by atoms with E-state index >= 15 is 0 Å². The number of hydrogen-bond acceptors (Lipinski definition) is 3. The first-order valence-corrected chi connectivity index (χ1v) is 4.17. The van der Waals surface area contributed by atoms with E-state index in [1.807, 2.05) is 0 Å². The molecule has 0 amide bonds. The Morgan fingerprint density at radius 1 is 1.43 bits per heavy atom. The Hall–Kier alpha value is -1.90. The van der Waals surface area contributed by atoms with Crippen molar-refractivity contribution in [1.29, 1.82) is 0 Å². The molecule has 3 heteroatoms. The highest BCUT2D eigenvalue weighted by Crippen LogP contribution is 2.15. The molecular formula is C11H11NO2. The number of nitrogens with two attached hydrogens (primary N) is 1. The number of carbonyl (C=O) groups excluding carboxylic acids is 2. The minimum atomic E-state index is -0.0798. The Labute approximate surface area is 82.2 Å². The van der Waals surface area contributed by atoms with E-state index in [0.29, 0.717) is 17.5 Å². The lowest BCUT2D eigenvalue weighted by Crippen LogP contribution is -1.99. The van der Waals surface area contributed by atoms with Gasteiger partial charge in [-0.1, -0.05) is 12.1 Å². The Morgan fingerprint density at radius 2 is 2.14 bits per heavy atom. The zero-order valence-corrected chi connectivity index (χ0v) is 7.86. The van der Waals surface area contributed by atoms with Crippen molar-refractivity contribution in [2.24, 2.45) is 0 Å². The first kappa shape index (κ1) is 10.2. The van der Waals surface area contributed by atoms with Gasteiger partial charge in [0.2, 0.25) is 0 Å². The van der Waals surface area contributed by atoms with E-state index in [0.717, 1.165) is 5.56 Å². The second-order valence-electron chi connectivity index (χ2n) is 2.90. The number of aldehydes is 1. The molecule has 2 N–H and O–H groups in total. The summed E-state index contributed by atoms with van der Waals surface area (Å²) in [4.78, 5) is 21.2. The zero-order chi connectivity index (χ0) is 10.6. The van der Waals surface area contributed by atoms with Gasteiger partial charge in [-0.3, -0.25) is 9.59 Å². The molecule has 0 saturated heterocycles. The van der Waals surface area contributed by atoms with Crippen molar-refractivity contribution in [3.8, 4) is 0 Å². The van der Waals surface area contributed by atoms with Crippen LogP contribution in [0.1, 0.15) is 22.8 Å². The molecule has 0 spiro atoms. The van der Waals surface area contributed by atoms with E-state index in [1.165, 1.54) is 13.0 Å². The van der Waals surface area contributed by atoms with Gasteiger partial charge in [-0.25, -0.2) is 0 Å². The van der Waals surface area contributed by atoms with Crippen molar-refractivity contribution in [3.05, 3.63) is 35.4 Å². The molecule has 0 fully saturated rings. The molecule has 0 aliphatic heterocycles. The normalized spacial score (nSPS) is 10.4. The van der Waals surface area contributed by atoms with Gasteiger partial charge in [0.05, 0.1) is 0 Å². The monoisotopic (exact) mass is 189 g/mol. The van der Waals surface area contributed by atoms with Crippen LogP contribution in [-0.4, -0.2) is 12.1 Å². The van der Waals surface area contributed by atoms with Crippen LogP contribution in [0, 0.1) is 0 Å². The molecule has 0 aromatic heterocycles. The largest absolute Gasteiger partial charge is 0.398 e. The van der Waals surface area contributed by atoms with Crippen LogP contribution >= 0.6 is 0 Å². The lowest BCUT2D eigenvalue weighted by Gasteiger charge is -2.02. The minimum absolute atomic E-state index is 0.0798. The summed E-state index contributed by atoms with van der Waals surface area (Å²) in [5.41, 5.74) is 7.34. The molecule has 0 bridgehead atoms. The molecule has 0 aliphatic carbocycles. The van der Waals surface area contributed by atoms with Crippen LogP contribution in [0.2, 0.25) is 0 Å². The molecule has 0 aliphatic rings.